The number of aromatic carboxylic acids is 1. The van der Waals surface area contributed by atoms with Crippen LogP contribution < -0.4 is 4.90 Å². The van der Waals surface area contributed by atoms with E-state index in [0.717, 1.165) is 19.8 Å². The van der Waals surface area contributed by atoms with Crippen molar-refractivity contribution in [2.24, 2.45) is 5.92 Å². The van der Waals surface area contributed by atoms with Crippen molar-refractivity contribution in [3.05, 3.63) is 59.2 Å². The number of piperidine rings is 1. The number of ether oxygens (including phenoxy) is 1. The lowest BCUT2D eigenvalue weighted by atomic mass is 9.93. The fourth-order valence-corrected chi connectivity index (χ4v) is 4.86. The first-order chi connectivity index (χ1) is 17.3. The van der Waals surface area contributed by atoms with Crippen molar-refractivity contribution < 1.29 is 28.2 Å². The van der Waals surface area contributed by atoms with Crippen molar-refractivity contribution in [3.63, 3.8) is 0 Å². The molecule has 2 aromatic carbocycles. The molecule has 1 aliphatic rings. The zero-order valence-electron chi connectivity index (χ0n) is 21.6. The van der Waals surface area contributed by atoms with Crippen LogP contribution in [0.2, 0.25) is 0 Å². The van der Waals surface area contributed by atoms with Crippen LogP contribution in [0.25, 0.3) is 11.0 Å². The molecular weight excluding hydrogens is 480 g/mol. The van der Waals surface area contributed by atoms with Gasteiger partial charge in [-0.15, -0.1) is 0 Å². The molecule has 7 nitrogen and oxygen atoms in total. The van der Waals surface area contributed by atoms with Gasteiger partial charge in [0.05, 0.1) is 23.1 Å². The summed E-state index contributed by atoms with van der Waals surface area (Å²) in [6.45, 7) is 7.85. The molecule has 198 valence electrons. The Hall–Kier alpha value is -3.49. The van der Waals surface area contributed by atoms with Crippen LogP contribution in [0, 0.1) is 5.92 Å². The van der Waals surface area contributed by atoms with Crippen molar-refractivity contribution in [1.82, 2.24) is 9.55 Å². The molecule has 0 unspecified atom stereocenters. The van der Waals surface area contributed by atoms with Gasteiger partial charge < -0.3 is 19.3 Å². The monoisotopic (exact) mass is 513 g/mol. The van der Waals surface area contributed by atoms with Gasteiger partial charge in [0, 0.05) is 32.0 Å². The highest BCUT2D eigenvalue weighted by atomic mass is 19.3. The summed E-state index contributed by atoms with van der Waals surface area (Å²) in [5, 5.41) is 9.44. The van der Waals surface area contributed by atoms with Crippen molar-refractivity contribution in [2.75, 3.05) is 18.0 Å². The van der Waals surface area contributed by atoms with Crippen LogP contribution in [0.1, 0.15) is 68.4 Å². The van der Waals surface area contributed by atoms with Crippen LogP contribution in [0.4, 0.5) is 14.7 Å². The zero-order valence-corrected chi connectivity index (χ0v) is 21.6. The third kappa shape index (κ3) is 6.26. The SMILES string of the molecule is CC(C)(C)OC(=O)CC1CCN(c2nc3cc(C(=O)O)ccc3n2Cc2ccccc2C(C)(F)F)CC1. The molecule has 3 aromatic rings. The van der Waals surface area contributed by atoms with Gasteiger partial charge in [0.15, 0.2) is 0 Å². The number of fused-ring (bicyclic) bond motifs is 1. The zero-order chi connectivity index (χ0) is 27.0. The summed E-state index contributed by atoms with van der Waals surface area (Å²) >= 11 is 0. The van der Waals surface area contributed by atoms with Crippen LogP contribution >= 0.6 is 0 Å². The van der Waals surface area contributed by atoms with E-state index in [4.69, 9.17) is 9.72 Å². The number of alkyl halides is 2. The predicted octanol–water partition coefficient (Wildman–Crippen LogP) is 5.84. The Labute approximate surface area is 215 Å². The number of anilines is 1. The molecule has 1 aromatic heterocycles. The summed E-state index contributed by atoms with van der Waals surface area (Å²) < 4.78 is 36.1. The predicted molar refractivity (Wildman–Crippen MR) is 137 cm³/mol. The molecule has 4 rings (SSSR count). The van der Waals surface area contributed by atoms with Gasteiger partial charge in [-0.2, -0.15) is 0 Å². The number of hydrogen-bond donors (Lipinski definition) is 1. The Kier molecular flexibility index (Phi) is 7.26. The Morgan fingerprint density at radius 3 is 2.38 bits per heavy atom. The number of rotatable bonds is 7. The van der Waals surface area contributed by atoms with Gasteiger partial charge in [-0.05, 0) is 63.3 Å². The van der Waals surface area contributed by atoms with Crippen molar-refractivity contribution >= 4 is 28.9 Å². The fourth-order valence-electron chi connectivity index (χ4n) is 4.86. The maximum Gasteiger partial charge on any atom is 0.335 e. The summed E-state index contributed by atoms with van der Waals surface area (Å²) in [5.74, 6) is -3.50. The molecule has 0 radical (unpaired) electrons. The van der Waals surface area contributed by atoms with E-state index in [1.807, 2.05) is 25.3 Å². The molecule has 1 fully saturated rings. The molecule has 1 aliphatic heterocycles. The molecule has 1 saturated heterocycles. The van der Waals surface area contributed by atoms with Gasteiger partial charge in [-0.25, -0.2) is 18.6 Å². The number of halogens is 2. The maximum atomic E-state index is 14.4. The number of esters is 1. The van der Waals surface area contributed by atoms with Crippen molar-refractivity contribution in [3.8, 4) is 0 Å². The average molecular weight is 514 g/mol. The van der Waals surface area contributed by atoms with Crippen LogP contribution in [-0.2, 0) is 22.0 Å². The minimum atomic E-state index is -3.01. The first-order valence-corrected chi connectivity index (χ1v) is 12.5. The molecule has 0 bridgehead atoms. The second kappa shape index (κ2) is 10.1. The molecule has 0 aliphatic carbocycles. The minimum absolute atomic E-state index is 0.0546. The molecule has 0 saturated carbocycles. The number of carboxylic acids is 1. The Balaban J connectivity index is 1.63. The smallest absolute Gasteiger partial charge is 0.335 e. The lowest BCUT2D eigenvalue weighted by molar-refractivity contribution is -0.156. The van der Waals surface area contributed by atoms with Gasteiger partial charge in [0.2, 0.25) is 5.95 Å². The van der Waals surface area contributed by atoms with Gasteiger partial charge >= 0.3 is 11.9 Å². The van der Waals surface area contributed by atoms with Crippen LogP contribution in [0.15, 0.2) is 42.5 Å². The number of carbonyl (C=O) groups excluding carboxylic acids is 1. The Morgan fingerprint density at radius 1 is 1.08 bits per heavy atom. The quantitative estimate of drug-likeness (QED) is 0.400. The van der Waals surface area contributed by atoms with Crippen LogP contribution in [0.3, 0.4) is 0 Å². The van der Waals surface area contributed by atoms with Crippen LogP contribution in [0.5, 0.6) is 0 Å². The highest BCUT2D eigenvalue weighted by molar-refractivity contribution is 5.93. The van der Waals surface area contributed by atoms with Gasteiger partial charge in [0.1, 0.15) is 5.60 Å². The topological polar surface area (TPSA) is 84.7 Å². The van der Waals surface area contributed by atoms with Gasteiger partial charge in [-0.3, -0.25) is 4.79 Å². The van der Waals surface area contributed by atoms with E-state index < -0.39 is 17.5 Å². The average Bonchev–Trinajstić information content (AvgIpc) is 3.15. The van der Waals surface area contributed by atoms with Crippen LogP contribution in [-0.4, -0.2) is 45.3 Å². The molecular formula is C28H33F2N3O4. The molecule has 0 spiro atoms. The summed E-state index contributed by atoms with van der Waals surface area (Å²) in [4.78, 5) is 30.7. The standard InChI is InChI=1S/C28H33F2N3O4/c1-27(2,3)37-24(34)15-18-11-13-32(14-12-18)26-31-22-16-19(25(35)36)9-10-23(22)33(26)17-20-7-5-6-8-21(20)28(4,29)30/h5-10,16,18H,11-15,17H2,1-4H3,(H,35,36). The number of benzene rings is 2. The molecule has 2 heterocycles. The third-order valence-electron chi connectivity index (χ3n) is 6.57. The van der Waals surface area contributed by atoms with E-state index in [1.54, 1.807) is 24.3 Å². The number of carbonyl (C=O) groups is 2. The summed E-state index contributed by atoms with van der Waals surface area (Å²) in [5.41, 5.74) is 1.17. The van der Waals surface area contributed by atoms with E-state index in [9.17, 15) is 23.5 Å². The van der Waals surface area contributed by atoms with E-state index in [1.165, 1.54) is 18.2 Å². The normalized spacial score (nSPS) is 15.2. The van der Waals surface area contributed by atoms with Gasteiger partial charge in [0.25, 0.3) is 5.92 Å². The molecule has 0 atom stereocenters. The first-order valence-electron chi connectivity index (χ1n) is 12.5. The minimum Gasteiger partial charge on any atom is -0.478 e. The second-order valence-corrected chi connectivity index (χ2v) is 10.8. The molecule has 9 heteroatoms. The van der Waals surface area contributed by atoms with Gasteiger partial charge in [-0.1, -0.05) is 24.3 Å². The highest BCUT2D eigenvalue weighted by Gasteiger charge is 2.30. The van der Waals surface area contributed by atoms with Crippen molar-refractivity contribution in [2.45, 2.75) is 65.0 Å². The van der Waals surface area contributed by atoms with E-state index in [-0.39, 0.29) is 29.6 Å². The summed E-state index contributed by atoms with van der Waals surface area (Å²) in [7, 11) is 0. The van der Waals surface area contributed by atoms with Crippen molar-refractivity contribution in [1.29, 1.82) is 0 Å². The number of nitrogens with zero attached hydrogens (tertiary/aromatic N) is 3. The summed E-state index contributed by atoms with van der Waals surface area (Å²) in [6, 6.07) is 11.1. The Morgan fingerprint density at radius 2 is 1.76 bits per heavy atom. The number of imidazole rings is 1. The van der Waals surface area contributed by atoms with E-state index >= 15 is 0 Å². The third-order valence-corrected chi connectivity index (χ3v) is 6.57. The number of hydrogen-bond acceptors (Lipinski definition) is 5. The Bertz CT molecular complexity index is 1300. The highest BCUT2D eigenvalue weighted by Crippen LogP contribution is 2.33. The number of aromatic nitrogens is 2. The number of carboxylic acid groups (broad SMARTS) is 1. The fraction of sp³-hybridized carbons (Fsp3) is 0.464. The molecule has 37 heavy (non-hydrogen) atoms. The second-order valence-electron chi connectivity index (χ2n) is 10.8. The van der Waals surface area contributed by atoms with E-state index in [2.05, 4.69) is 4.90 Å². The lowest BCUT2D eigenvalue weighted by Crippen LogP contribution is -2.37. The van der Waals surface area contributed by atoms with E-state index in [0.29, 0.717) is 42.1 Å². The largest absolute Gasteiger partial charge is 0.478 e. The lowest BCUT2D eigenvalue weighted by Gasteiger charge is -2.33. The maximum absolute atomic E-state index is 14.4. The molecule has 1 N–H and O–H groups in total. The first kappa shape index (κ1) is 26.6. The molecule has 0 amide bonds. The summed E-state index contributed by atoms with van der Waals surface area (Å²) in [6.07, 6.45) is 1.86.